The van der Waals surface area contributed by atoms with E-state index < -0.39 is 11.8 Å². The summed E-state index contributed by atoms with van der Waals surface area (Å²) in [5.74, 6) is -1.35. The van der Waals surface area contributed by atoms with Crippen molar-refractivity contribution in [1.82, 2.24) is 19.7 Å². The number of carbonyl (C=O) groups is 1. The minimum absolute atomic E-state index is 0.0979. The van der Waals surface area contributed by atoms with Gasteiger partial charge in [-0.25, -0.2) is 23.8 Å². The molecule has 24 heavy (non-hydrogen) atoms. The van der Waals surface area contributed by atoms with E-state index in [4.69, 9.17) is 0 Å². The fourth-order valence-electron chi connectivity index (χ4n) is 2.51. The van der Waals surface area contributed by atoms with Crippen LogP contribution in [0.25, 0.3) is 17.2 Å². The van der Waals surface area contributed by atoms with Crippen molar-refractivity contribution < 1.29 is 14.3 Å². The van der Waals surface area contributed by atoms with Crippen molar-refractivity contribution in [2.75, 3.05) is 0 Å². The molecule has 2 aromatic heterocycles. The highest BCUT2D eigenvalue weighted by Crippen LogP contribution is 2.24. The Kier molecular flexibility index (Phi) is 4.07. The Morgan fingerprint density at radius 2 is 2.00 bits per heavy atom. The van der Waals surface area contributed by atoms with E-state index in [1.165, 1.54) is 23.1 Å². The van der Waals surface area contributed by atoms with Crippen molar-refractivity contribution >= 4 is 5.97 Å². The highest BCUT2D eigenvalue weighted by molar-refractivity contribution is 5.89. The first-order chi connectivity index (χ1) is 11.5. The highest BCUT2D eigenvalue weighted by atomic mass is 19.1. The van der Waals surface area contributed by atoms with Gasteiger partial charge >= 0.3 is 5.97 Å². The minimum Gasteiger partial charge on any atom is -0.478 e. The summed E-state index contributed by atoms with van der Waals surface area (Å²) >= 11 is 0. The maximum atomic E-state index is 14.0. The van der Waals surface area contributed by atoms with Gasteiger partial charge < -0.3 is 5.11 Å². The SMILES string of the molecule is CC(C)c1c(C(=O)O)cnn1-c1nccc(-c2ccccc2F)n1. The standard InChI is InChI=1S/C17H15FN4O2/c1-10(2)15-12(16(23)24)9-20-22(15)17-19-8-7-14(21-17)11-5-3-4-6-13(11)18/h3-10H,1-2H3,(H,23,24). The largest absolute Gasteiger partial charge is 0.478 e. The quantitative estimate of drug-likeness (QED) is 0.795. The van der Waals surface area contributed by atoms with E-state index in [0.29, 0.717) is 17.0 Å². The number of nitrogens with zero attached hydrogens (tertiary/aromatic N) is 4. The summed E-state index contributed by atoms with van der Waals surface area (Å²) in [5, 5.41) is 13.4. The Labute approximate surface area is 137 Å². The third-order valence-corrected chi connectivity index (χ3v) is 3.57. The number of benzene rings is 1. The third kappa shape index (κ3) is 2.76. The van der Waals surface area contributed by atoms with Crippen LogP contribution in [0.1, 0.15) is 35.8 Å². The molecule has 122 valence electrons. The molecule has 3 rings (SSSR count). The average Bonchev–Trinajstić information content (AvgIpc) is 3.01. The summed E-state index contributed by atoms with van der Waals surface area (Å²) in [5.41, 5.74) is 1.34. The summed E-state index contributed by atoms with van der Waals surface area (Å²) < 4.78 is 15.4. The molecule has 0 bridgehead atoms. The number of carboxylic acid groups (broad SMARTS) is 1. The predicted octanol–water partition coefficient (Wildman–Crippen LogP) is 3.29. The van der Waals surface area contributed by atoms with Crippen molar-refractivity contribution in [2.45, 2.75) is 19.8 Å². The van der Waals surface area contributed by atoms with Gasteiger partial charge in [0, 0.05) is 11.8 Å². The van der Waals surface area contributed by atoms with Gasteiger partial charge in [0.2, 0.25) is 0 Å². The zero-order valence-electron chi connectivity index (χ0n) is 13.1. The number of aromatic carboxylic acids is 1. The number of rotatable bonds is 4. The van der Waals surface area contributed by atoms with Crippen LogP contribution in [0.5, 0.6) is 0 Å². The van der Waals surface area contributed by atoms with E-state index in [9.17, 15) is 14.3 Å². The van der Waals surface area contributed by atoms with Gasteiger partial charge in [-0.15, -0.1) is 0 Å². The van der Waals surface area contributed by atoms with Crippen LogP contribution in [0.4, 0.5) is 4.39 Å². The van der Waals surface area contributed by atoms with Gasteiger partial charge in [-0.05, 0) is 24.1 Å². The molecule has 7 heteroatoms. The molecule has 0 aliphatic carbocycles. The number of aromatic nitrogens is 4. The monoisotopic (exact) mass is 326 g/mol. The molecule has 0 aliphatic heterocycles. The Bertz CT molecular complexity index is 905. The third-order valence-electron chi connectivity index (χ3n) is 3.57. The lowest BCUT2D eigenvalue weighted by Gasteiger charge is -2.11. The first-order valence-corrected chi connectivity index (χ1v) is 7.38. The van der Waals surface area contributed by atoms with E-state index in [1.807, 2.05) is 13.8 Å². The Morgan fingerprint density at radius 3 is 2.67 bits per heavy atom. The van der Waals surface area contributed by atoms with Crippen LogP contribution in [-0.4, -0.2) is 30.8 Å². The predicted molar refractivity (Wildman–Crippen MR) is 85.6 cm³/mol. The fraction of sp³-hybridized carbons (Fsp3) is 0.176. The van der Waals surface area contributed by atoms with E-state index in [-0.39, 0.29) is 17.4 Å². The molecule has 0 unspecified atom stereocenters. The molecule has 0 amide bonds. The van der Waals surface area contributed by atoms with Crippen LogP contribution in [0.15, 0.2) is 42.7 Å². The van der Waals surface area contributed by atoms with E-state index in [1.54, 1.807) is 24.3 Å². The van der Waals surface area contributed by atoms with Gasteiger partial charge in [-0.3, -0.25) is 0 Å². The van der Waals surface area contributed by atoms with Gasteiger partial charge in [0.15, 0.2) is 0 Å². The molecule has 0 saturated carbocycles. The fourth-order valence-corrected chi connectivity index (χ4v) is 2.51. The molecule has 0 aliphatic rings. The Balaban J connectivity index is 2.14. The lowest BCUT2D eigenvalue weighted by atomic mass is 10.1. The summed E-state index contributed by atoms with van der Waals surface area (Å²) in [7, 11) is 0. The van der Waals surface area contributed by atoms with Crippen LogP contribution in [0, 0.1) is 5.82 Å². The van der Waals surface area contributed by atoms with Gasteiger partial charge in [0.05, 0.1) is 17.6 Å². The molecule has 0 atom stereocenters. The molecular weight excluding hydrogens is 311 g/mol. The second kappa shape index (κ2) is 6.19. The van der Waals surface area contributed by atoms with Crippen molar-refractivity contribution in [3.63, 3.8) is 0 Å². The van der Waals surface area contributed by atoms with Crippen molar-refractivity contribution in [1.29, 1.82) is 0 Å². The van der Waals surface area contributed by atoms with Crippen LogP contribution >= 0.6 is 0 Å². The smallest absolute Gasteiger partial charge is 0.339 e. The first kappa shape index (κ1) is 15.8. The summed E-state index contributed by atoms with van der Waals surface area (Å²) in [6, 6.07) is 7.89. The van der Waals surface area contributed by atoms with E-state index in [2.05, 4.69) is 15.1 Å². The van der Waals surface area contributed by atoms with Crippen LogP contribution in [-0.2, 0) is 0 Å². The number of hydrogen-bond acceptors (Lipinski definition) is 4. The molecule has 1 N–H and O–H groups in total. The molecule has 0 fully saturated rings. The molecular formula is C17H15FN4O2. The lowest BCUT2D eigenvalue weighted by molar-refractivity contribution is 0.0695. The maximum Gasteiger partial charge on any atom is 0.339 e. The van der Waals surface area contributed by atoms with Gasteiger partial charge in [0.25, 0.3) is 5.95 Å². The van der Waals surface area contributed by atoms with Crippen LogP contribution < -0.4 is 0 Å². The summed E-state index contributed by atoms with van der Waals surface area (Å²) in [4.78, 5) is 19.9. The number of carboxylic acids is 1. The minimum atomic E-state index is -1.06. The topological polar surface area (TPSA) is 80.9 Å². The molecule has 0 saturated heterocycles. The number of hydrogen-bond donors (Lipinski definition) is 1. The Morgan fingerprint density at radius 1 is 1.25 bits per heavy atom. The second-order valence-corrected chi connectivity index (χ2v) is 5.54. The zero-order chi connectivity index (χ0) is 17.3. The van der Waals surface area contributed by atoms with Gasteiger partial charge in [-0.2, -0.15) is 5.10 Å². The normalized spacial score (nSPS) is 11.0. The van der Waals surface area contributed by atoms with Crippen molar-refractivity contribution in [3.05, 3.63) is 59.8 Å². The lowest BCUT2D eigenvalue weighted by Crippen LogP contribution is -2.11. The van der Waals surface area contributed by atoms with E-state index in [0.717, 1.165) is 0 Å². The molecule has 6 nitrogen and oxygen atoms in total. The first-order valence-electron chi connectivity index (χ1n) is 7.38. The molecule has 0 spiro atoms. The van der Waals surface area contributed by atoms with Gasteiger partial charge in [0.1, 0.15) is 11.4 Å². The molecule has 0 radical (unpaired) electrons. The van der Waals surface area contributed by atoms with Crippen LogP contribution in [0.3, 0.4) is 0 Å². The van der Waals surface area contributed by atoms with E-state index >= 15 is 0 Å². The maximum absolute atomic E-state index is 14.0. The summed E-state index contributed by atoms with van der Waals surface area (Å²) in [6.45, 7) is 3.72. The van der Waals surface area contributed by atoms with Crippen molar-refractivity contribution in [2.24, 2.45) is 0 Å². The molecule has 1 aromatic carbocycles. The van der Waals surface area contributed by atoms with Crippen molar-refractivity contribution in [3.8, 4) is 17.2 Å². The molecule has 3 aromatic rings. The second-order valence-electron chi connectivity index (χ2n) is 5.54. The Hall–Kier alpha value is -3.09. The van der Waals surface area contributed by atoms with Gasteiger partial charge in [-0.1, -0.05) is 26.0 Å². The molecule has 2 heterocycles. The van der Waals surface area contributed by atoms with Crippen LogP contribution in [0.2, 0.25) is 0 Å². The summed E-state index contributed by atoms with van der Waals surface area (Å²) in [6.07, 6.45) is 2.77. The highest BCUT2D eigenvalue weighted by Gasteiger charge is 2.21. The average molecular weight is 326 g/mol. The zero-order valence-corrected chi connectivity index (χ0v) is 13.1. The number of halogens is 1.